The van der Waals surface area contributed by atoms with Gasteiger partial charge in [-0.3, -0.25) is 14.4 Å². The van der Waals surface area contributed by atoms with Crippen molar-refractivity contribution in [3.8, 4) is 0 Å². The number of carbonyl (C=O) groups excluding carboxylic acids is 1. The van der Waals surface area contributed by atoms with Crippen LogP contribution in [0, 0.1) is 40.9 Å². The minimum atomic E-state index is -0.939. The van der Waals surface area contributed by atoms with E-state index in [2.05, 4.69) is 24.6 Å². The highest BCUT2D eigenvalue weighted by molar-refractivity contribution is 5.85. The zero-order chi connectivity index (χ0) is 38.2. The van der Waals surface area contributed by atoms with Gasteiger partial charge in [0.15, 0.2) is 0 Å². The standard InChI is InChI=1S/C43H72N2O9/c1-43(2,29-9-18-34(19-10-29)54-36-22-13-31(14-23-36)45-52-26-27-5-3-4-6-37(27)41(48)49)28-7-16-33(17-8-28)53-35-20-11-30(12-21-35)44-40(47)39-25-32(46)15-24-38(39)42(50)51/h27-39,45-46H,3-26H2,1-2H3,(H,44,47)(H,48,49)(H,50,51). The molecule has 0 bridgehead atoms. The Hall–Kier alpha value is -1.79. The fourth-order valence-corrected chi connectivity index (χ4v) is 11.5. The lowest BCUT2D eigenvalue weighted by Gasteiger charge is -2.47. The molecule has 5 atom stereocenters. The van der Waals surface area contributed by atoms with Crippen LogP contribution < -0.4 is 10.8 Å². The molecular weight excluding hydrogens is 688 g/mol. The van der Waals surface area contributed by atoms with Gasteiger partial charge in [0.1, 0.15) is 0 Å². The summed E-state index contributed by atoms with van der Waals surface area (Å²) < 4.78 is 13.3. The van der Waals surface area contributed by atoms with E-state index in [0.29, 0.717) is 49.2 Å². The Labute approximate surface area is 323 Å². The summed E-state index contributed by atoms with van der Waals surface area (Å²) in [5.41, 5.74) is 3.57. The number of carbonyl (C=O) groups is 3. The maximum atomic E-state index is 13.0. The Balaban J connectivity index is 0.827. The third-order valence-electron chi connectivity index (χ3n) is 15.2. The molecule has 0 spiro atoms. The number of carboxylic acids is 2. The number of amides is 1. The molecule has 11 heteroatoms. The van der Waals surface area contributed by atoms with E-state index in [0.717, 1.165) is 115 Å². The SMILES string of the molecule is CC(C)(C1CCC(OC2CCC(NOCC3CCCCC3C(=O)O)CC2)CC1)C1CCC(OC2CCC(NC(=O)C3CC(O)CCC3C(=O)O)CC2)CC1. The van der Waals surface area contributed by atoms with E-state index in [1.165, 1.54) is 25.7 Å². The van der Waals surface area contributed by atoms with E-state index >= 15 is 0 Å². The quantitative estimate of drug-likeness (QED) is 0.115. The number of ether oxygens (including phenoxy) is 2. The van der Waals surface area contributed by atoms with Crippen LogP contribution in [0.4, 0.5) is 0 Å². The van der Waals surface area contributed by atoms with Gasteiger partial charge in [0, 0.05) is 12.1 Å². The summed E-state index contributed by atoms with van der Waals surface area (Å²) in [6.07, 6.45) is 22.7. The number of hydrogen-bond acceptors (Lipinski definition) is 8. The fourth-order valence-electron chi connectivity index (χ4n) is 11.5. The van der Waals surface area contributed by atoms with Crippen molar-refractivity contribution in [1.29, 1.82) is 0 Å². The highest BCUT2D eigenvalue weighted by Crippen LogP contribution is 2.49. The molecule has 6 saturated carbocycles. The first-order valence-electron chi connectivity index (χ1n) is 22.1. The Morgan fingerprint density at radius 1 is 0.574 bits per heavy atom. The van der Waals surface area contributed by atoms with E-state index in [1.54, 1.807) is 0 Å². The average molecular weight is 761 g/mol. The van der Waals surface area contributed by atoms with Gasteiger partial charge in [-0.2, -0.15) is 5.48 Å². The highest BCUT2D eigenvalue weighted by Gasteiger charge is 2.43. The van der Waals surface area contributed by atoms with E-state index in [9.17, 15) is 29.7 Å². The maximum absolute atomic E-state index is 13.0. The maximum Gasteiger partial charge on any atom is 0.307 e. The predicted octanol–water partition coefficient (Wildman–Crippen LogP) is 7.18. The van der Waals surface area contributed by atoms with Crippen LogP contribution in [0.3, 0.4) is 0 Å². The van der Waals surface area contributed by atoms with Gasteiger partial charge in [0.25, 0.3) is 0 Å². The number of rotatable bonds is 14. The molecule has 0 aliphatic heterocycles. The smallest absolute Gasteiger partial charge is 0.307 e. The van der Waals surface area contributed by atoms with Crippen molar-refractivity contribution in [3.63, 3.8) is 0 Å². The van der Waals surface area contributed by atoms with Crippen molar-refractivity contribution in [2.75, 3.05) is 6.61 Å². The third-order valence-corrected chi connectivity index (χ3v) is 15.2. The molecule has 0 aromatic heterocycles. The minimum Gasteiger partial charge on any atom is -0.481 e. The molecule has 11 nitrogen and oxygen atoms in total. The molecule has 0 saturated heterocycles. The Morgan fingerprint density at radius 3 is 1.57 bits per heavy atom. The van der Waals surface area contributed by atoms with Crippen molar-refractivity contribution in [1.82, 2.24) is 10.8 Å². The summed E-state index contributed by atoms with van der Waals surface area (Å²) >= 11 is 0. The molecule has 5 unspecified atom stereocenters. The second-order valence-electron chi connectivity index (χ2n) is 18.9. The molecular formula is C43H72N2O9. The van der Waals surface area contributed by atoms with Crippen LogP contribution in [0.5, 0.6) is 0 Å². The van der Waals surface area contributed by atoms with Crippen molar-refractivity contribution in [2.45, 2.75) is 204 Å². The lowest BCUT2D eigenvalue weighted by Crippen LogP contribution is -2.47. The predicted molar refractivity (Wildman–Crippen MR) is 204 cm³/mol. The van der Waals surface area contributed by atoms with Crippen LogP contribution in [0.25, 0.3) is 0 Å². The second-order valence-corrected chi connectivity index (χ2v) is 18.9. The number of aliphatic hydroxyl groups is 1. The van der Waals surface area contributed by atoms with Gasteiger partial charge in [-0.1, -0.05) is 26.7 Å². The van der Waals surface area contributed by atoms with Gasteiger partial charge >= 0.3 is 11.9 Å². The third kappa shape index (κ3) is 11.2. The molecule has 6 aliphatic rings. The van der Waals surface area contributed by atoms with Gasteiger partial charge in [0.05, 0.1) is 54.9 Å². The summed E-state index contributed by atoms with van der Waals surface area (Å²) in [5.74, 6) is -1.90. The van der Waals surface area contributed by atoms with Crippen molar-refractivity contribution < 1.29 is 44.0 Å². The summed E-state index contributed by atoms with van der Waals surface area (Å²) in [4.78, 5) is 42.2. The van der Waals surface area contributed by atoms with E-state index in [1.807, 2.05) is 0 Å². The largest absolute Gasteiger partial charge is 0.481 e. The van der Waals surface area contributed by atoms with Gasteiger partial charge < -0.3 is 34.9 Å². The molecule has 0 aromatic carbocycles. The Morgan fingerprint density at radius 2 is 1.06 bits per heavy atom. The monoisotopic (exact) mass is 761 g/mol. The first-order chi connectivity index (χ1) is 26.0. The molecule has 308 valence electrons. The average Bonchev–Trinajstić information content (AvgIpc) is 3.16. The van der Waals surface area contributed by atoms with Crippen LogP contribution in [-0.4, -0.2) is 82.4 Å². The molecule has 6 aliphatic carbocycles. The first kappa shape index (κ1) is 41.8. The van der Waals surface area contributed by atoms with Gasteiger partial charge in [0.2, 0.25) is 5.91 Å². The zero-order valence-corrected chi connectivity index (χ0v) is 33.3. The second kappa shape index (κ2) is 19.6. The zero-order valence-electron chi connectivity index (χ0n) is 33.3. The highest BCUT2D eigenvalue weighted by atomic mass is 16.6. The first-order valence-corrected chi connectivity index (χ1v) is 22.1. The number of hydroxylamine groups is 1. The molecule has 6 fully saturated rings. The Bertz CT molecular complexity index is 1200. The molecule has 6 rings (SSSR count). The summed E-state index contributed by atoms with van der Waals surface area (Å²) in [6.45, 7) is 5.51. The molecule has 0 heterocycles. The summed E-state index contributed by atoms with van der Waals surface area (Å²) in [7, 11) is 0. The number of carboxylic acid groups (broad SMARTS) is 2. The van der Waals surface area contributed by atoms with Crippen LogP contribution in [0.2, 0.25) is 0 Å². The van der Waals surface area contributed by atoms with Crippen LogP contribution in [0.1, 0.15) is 162 Å². The number of aliphatic carboxylic acids is 2. The topological polar surface area (TPSA) is 164 Å². The summed E-state index contributed by atoms with van der Waals surface area (Å²) in [5, 5.41) is 32.3. The summed E-state index contributed by atoms with van der Waals surface area (Å²) in [6, 6.07) is 0.372. The van der Waals surface area contributed by atoms with Gasteiger partial charge in [-0.25, -0.2) is 0 Å². The van der Waals surface area contributed by atoms with E-state index in [-0.39, 0.29) is 36.3 Å². The fraction of sp³-hybridized carbons (Fsp3) is 0.930. The van der Waals surface area contributed by atoms with Gasteiger partial charge in [-0.15, -0.1) is 0 Å². The molecule has 54 heavy (non-hydrogen) atoms. The number of aliphatic hydroxyl groups excluding tert-OH is 1. The van der Waals surface area contributed by atoms with Crippen LogP contribution in [-0.2, 0) is 28.7 Å². The number of hydrogen-bond donors (Lipinski definition) is 5. The lowest BCUT2D eigenvalue weighted by molar-refractivity contribution is -0.151. The van der Waals surface area contributed by atoms with E-state index < -0.39 is 29.9 Å². The minimum absolute atomic E-state index is 0.0500. The van der Waals surface area contributed by atoms with Crippen molar-refractivity contribution >= 4 is 17.8 Å². The van der Waals surface area contributed by atoms with Crippen LogP contribution in [0.15, 0.2) is 0 Å². The molecule has 5 N–H and O–H groups in total. The van der Waals surface area contributed by atoms with Crippen molar-refractivity contribution in [3.05, 3.63) is 0 Å². The van der Waals surface area contributed by atoms with Crippen LogP contribution >= 0.6 is 0 Å². The van der Waals surface area contributed by atoms with Crippen molar-refractivity contribution in [2.24, 2.45) is 40.9 Å². The number of nitrogens with one attached hydrogen (secondary N) is 2. The Kier molecular flexibility index (Phi) is 15.2. The molecule has 1 amide bonds. The lowest BCUT2D eigenvalue weighted by atomic mass is 9.60. The van der Waals surface area contributed by atoms with Gasteiger partial charge in [-0.05, 0) is 158 Å². The normalized spacial score (nSPS) is 39.7. The van der Waals surface area contributed by atoms with E-state index in [4.69, 9.17) is 14.3 Å². The molecule has 0 radical (unpaired) electrons. The molecule has 0 aromatic rings.